The Morgan fingerprint density at radius 3 is 2.28 bits per heavy atom. The highest BCUT2D eigenvalue weighted by Gasteiger charge is 2.28. The first-order valence-electron chi connectivity index (χ1n) is 12.1. The lowest BCUT2D eigenvalue weighted by Gasteiger charge is -2.36. The van der Waals surface area contributed by atoms with Gasteiger partial charge in [-0.2, -0.15) is 4.31 Å². The van der Waals surface area contributed by atoms with Crippen molar-refractivity contribution < 1.29 is 13.2 Å². The summed E-state index contributed by atoms with van der Waals surface area (Å²) in [5, 5.41) is 3.25. The molecule has 7 nitrogen and oxygen atoms in total. The first kappa shape index (κ1) is 25.1. The molecule has 2 aliphatic rings. The molecule has 32 heavy (non-hydrogen) atoms. The number of nitrogens with one attached hydrogen (secondary N) is 1. The normalized spacial score (nSPS) is 22.9. The molecule has 1 amide bonds. The zero-order chi connectivity index (χ0) is 23.1. The van der Waals surface area contributed by atoms with Crippen LogP contribution in [0.3, 0.4) is 0 Å². The number of piperazine rings is 1. The molecule has 2 atom stereocenters. The predicted octanol–water partition coefficient (Wildman–Crippen LogP) is 2.04. The Labute approximate surface area is 194 Å². The van der Waals surface area contributed by atoms with E-state index in [4.69, 9.17) is 0 Å². The molecule has 0 radical (unpaired) electrons. The second-order valence-electron chi connectivity index (χ2n) is 9.49. The van der Waals surface area contributed by atoms with Gasteiger partial charge in [0.15, 0.2) is 0 Å². The fourth-order valence-electron chi connectivity index (χ4n) is 4.92. The van der Waals surface area contributed by atoms with Gasteiger partial charge in [-0.05, 0) is 42.4 Å². The van der Waals surface area contributed by atoms with Gasteiger partial charge in [-0.3, -0.25) is 4.79 Å². The molecule has 2 aliphatic heterocycles. The van der Waals surface area contributed by atoms with Crippen LogP contribution in [0.5, 0.6) is 0 Å². The molecule has 0 aliphatic carbocycles. The van der Waals surface area contributed by atoms with E-state index in [2.05, 4.69) is 31.0 Å². The standard InChI is InChI=1S/C24H40N4O3S/c1-4-22-5-7-23(8-6-22)32(30,31)28(12-9-24(29)27-13-10-25-11-14-27)16-15-26-18-20(2)17-21(3)19-26/h5-8,20-21,25H,4,9-19H2,1-3H3. The van der Waals surface area contributed by atoms with Crippen LogP contribution >= 0.6 is 0 Å². The van der Waals surface area contributed by atoms with Gasteiger partial charge in [0, 0.05) is 65.3 Å². The number of amides is 1. The van der Waals surface area contributed by atoms with Gasteiger partial charge >= 0.3 is 0 Å². The second-order valence-corrected chi connectivity index (χ2v) is 11.4. The zero-order valence-electron chi connectivity index (χ0n) is 19.9. The minimum absolute atomic E-state index is 0.0354. The lowest BCUT2D eigenvalue weighted by molar-refractivity contribution is -0.131. The molecule has 0 saturated carbocycles. The maximum Gasteiger partial charge on any atom is 0.243 e. The molecule has 8 heteroatoms. The van der Waals surface area contributed by atoms with E-state index < -0.39 is 10.0 Å². The van der Waals surface area contributed by atoms with Crippen LogP contribution in [-0.2, 0) is 21.2 Å². The smallest absolute Gasteiger partial charge is 0.243 e. The number of carbonyl (C=O) groups is 1. The van der Waals surface area contributed by atoms with Crippen LogP contribution in [0, 0.1) is 11.8 Å². The van der Waals surface area contributed by atoms with Crippen molar-refractivity contribution in [2.45, 2.75) is 44.9 Å². The molecule has 1 N–H and O–H groups in total. The van der Waals surface area contributed by atoms with E-state index in [1.165, 1.54) is 10.7 Å². The van der Waals surface area contributed by atoms with E-state index in [1.54, 1.807) is 12.1 Å². The highest BCUT2D eigenvalue weighted by Crippen LogP contribution is 2.22. The lowest BCUT2D eigenvalue weighted by Crippen LogP contribution is -2.48. The van der Waals surface area contributed by atoms with Gasteiger partial charge in [-0.1, -0.05) is 32.9 Å². The first-order chi connectivity index (χ1) is 15.3. The molecule has 0 spiro atoms. The third-order valence-corrected chi connectivity index (χ3v) is 8.54. The number of hydrogen-bond donors (Lipinski definition) is 1. The number of piperidine rings is 1. The van der Waals surface area contributed by atoms with E-state index in [0.717, 1.165) is 38.2 Å². The number of hydrogen-bond acceptors (Lipinski definition) is 5. The molecule has 2 saturated heterocycles. The first-order valence-corrected chi connectivity index (χ1v) is 13.5. The van der Waals surface area contributed by atoms with Gasteiger partial charge in [0.25, 0.3) is 0 Å². The largest absolute Gasteiger partial charge is 0.340 e. The topological polar surface area (TPSA) is 73.0 Å². The molecule has 2 fully saturated rings. The number of carbonyl (C=O) groups excluding carboxylic acids is 1. The van der Waals surface area contributed by atoms with Crippen LogP contribution in [0.2, 0.25) is 0 Å². The third kappa shape index (κ3) is 6.76. The highest BCUT2D eigenvalue weighted by atomic mass is 32.2. The summed E-state index contributed by atoms with van der Waals surface area (Å²) in [5.74, 6) is 1.28. The van der Waals surface area contributed by atoms with Gasteiger partial charge in [0.05, 0.1) is 4.90 Å². The molecule has 2 unspecified atom stereocenters. The molecular weight excluding hydrogens is 424 g/mol. The van der Waals surface area contributed by atoms with Crippen LogP contribution in [0.1, 0.15) is 39.2 Å². The maximum absolute atomic E-state index is 13.5. The van der Waals surface area contributed by atoms with Crippen molar-refractivity contribution in [1.29, 1.82) is 0 Å². The molecule has 1 aromatic rings. The summed E-state index contributed by atoms with van der Waals surface area (Å²) in [6.45, 7) is 12.9. The summed E-state index contributed by atoms with van der Waals surface area (Å²) < 4.78 is 28.5. The Hall–Kier alpha value is -1.48. The van der Waals surface area contributed by atoms with Crippen molar-refractivity contribution in [2.24, 2.45) is 11.8 Å². The second kappa shape index (κ2) is 11.6. The van der Waals surface area contributed by atoms with E-state index in [0.29, 0.717) is 42.9 Å². The van der Waals surface area contributed by atoms with Crippen molar-refractivity contribution in [2.75, 3.05) is 58.9 Å². The average molecular weight is 465 g/mol. The summed E-state index contributed by atoms with van der Waals surface area (Å²) in [7, 11) is -3.66. The lowest BCUT2D eigenvalue weighted by atomic mass is 9.92. The van der Waals surface area contributed by atoms with E-state index in [-0.39, 0.29) is 18.9 Å². The van der Waals surface area contributed by atoms with E-state index >= 15 is 0 Å². The fraction of sp³-hybridized carbons (Fsp3) is 0.708. The molecule has 1 aromatic carbocycles. The summed E-state index contributed by atoms with van der Waals surface area (Å²) in [5.41, 5.74) is 1.11. The number of benzene rings is 1. The fourth-order valence-corrected chi connectivity index (χ4v) is 6.35. The molecule has 0 aromatic heterocycles. The van der Waals surface area contributed by atoms with Crippen molar-refractivity contribution >= 4 is 15.9 Å². The van der Waals surface area contributed by atoms with Crippen molar-refractivity contribution in [3.05, 3.63) is 29.8 Å². The molecular formula is C24H40N4O3S. The van der Waals surface area contributed by atoms with Crippen molar-refractivity contribution in [3.63, 3.8) is 0 Å². The summed E-state index contributed by atoms with van der Waals surface area (Å²) >= 11 is 0. The van der Waals surface area contributed by atoms with Gasteiger partial charge in [-0.15, -0.1) is 0 Å². The number of aryl methyl sites for hydroxylation is 1. The van der Waals surface area contributed by atoms with Crippen LogP contribution in [0.15, 0.2) is 29.2 Å². The number of likely N-dealkylation sites (tertiary alicyclic amines) is 1. The van der Waals surface area contributed by atoms with Crippen molar-refractivity contribution in [3.8, 4) is 0 Å². The van der Waals surface area contributed by atoms with Crippen LogP contribution < -0.4 is 5.32 Å². The van der Waals surface area contributed by atoms with E-state index in [9.17, 15) is 13.2 Å². The maximum atomic E-state index is 13.5. The van der Waals surface area contributed by atoms with Crippen LogP contribution in [-0.4, -0.2) is 87.3 Å². The Bertz CT molecular complexity index is 827. The Kier molecular flexibility index (Phi) is 9.11. The summed E-state index contributed by atoms with van der Waals surface area (Å²) in [6, 6.07) is 7.16. The van der Waals surface area contributed by atoms with E-state index in [1.807, 2.05) is 17.0 Å². The Morgan fingerprint density at radius 2 is 1.69 bits per heavy atom. The zero-order valence-corrected chi connectivity index (χ0v) is 20.7. The van der Waals surface area contributed by atoms with Crippen LogP contribution in [0.4, 0.5) is 0 Å². The molecule has 3 rings (SSSR count). The average Bonchev–Trinajstić information content (AvgIpc) is 2.78. The van der Waals surface area contributed by atoms with Gasteiger partial charge in [-0.25, -0.2) is 8.42 Å². The monoisotopic (exact) mass is 464 g/mol. The molecule has 0 bridgehead atoms. The van der Waals surface area contributed by atoms with Gasteiger partial charge in [0.2, 0.25) is 15.9 Å². The van der Waals surface area contributed by atoms with Crippen molar-refractivity contribution in [1.82, 2.24) is 19.4 Å². The predicted molar refractivity (Wildman–Crippen MR) is 128 cm³/mol. The molecule has 2 heterocycles. The third-order valence-electron chi connectivity index (χ3n) is 6.62. The SMILES string of the molecule is CCc1ccc(S(=O)(=O)N(CCC(=O)N2CCNCC2)CCN2CC(C)CC(C)C2)cc1. The van der Waals surface area contributed by atoms with Gasteiger partial charge < -0.3 is 15.1 Å². The Morgan fingerprint density at radius 1 is 1.06 bits per heavy atom. The number of sulfonamides is 1. The Balaban J connectivity index is 1.70. The summed E-state index contributed by atoms with van der Waals surface area (Å²) in [4.78, 5) is 17.2. The summed E-state index contributed by atoms with van der Waals surface area (Å²) in [6.07, 6.45) is 2.31. The highest BCUT2D eigenvalue weighted by molar-refractivity contribution is 7.89. The number of rotatable bonds is 9. The quantitative estimate of drug-likeness (QED) is 0.606. The van der Waals surface area contributed by atoms with Gasteiger partial charge in [0.1, 0.15) is 0 Å². The molecule has 180 valence electrons. The minimum atomic E-state index is -3.66. The van der Waals surface area contributed by atoms with Crippen LogP contribution in [0.25, 0.3) is 0 Å². The minimum Gasteiger partial charge on any atom is -0.340 e. The number of nitrogens with zero attached hydrogens (tertiary/aromatic N) is 3.